The first-order valence-corrected chi connectivity index (χ1v) is 13.1. The molecular formula is C28H34N4O2S. The highest BCUT2D eigenvalue weighted by atomic mass is 32.2. The molecule has 3 aromatic rings. The molecule has 1 N–H and O–H groups in total. The smallest absolute Gasteiger partial charge is 0.254 e. The number of pyridine rings is 1. The normalized spacial score (nSPS) is 13.6. The fourth-order valence-electron chi connectivity index (χ4n) is 4.23. The van der Waals surface area contributed by atoms with E-state index in [1.54, 1.807) is 13.3 Å². The summed E-state index contributed by atoms with van der Waals surface area (Å²) in [5, 5.41) is 0. The number of hydrogen-bond acceptors (Lipinski definition) is 6. The third-order valence-corrected chi connectivity index (χ3v) is 7.18. The van der Waals surface area contributed by atoms with E-state index in [1.165, 1.54) is 30.4 Å². The van der Waals surface area contributed by atoms with Crippen molar-refractivity contribution in [1.82, 2.24) is 9.88 Å². The molecule has 4 rings (SSSR count). The quantitative estimate of drug-likeness (QED) is 0.381. The van der Waals surface area contributed by atoms with Crippen LogP contribution >= 0.6 is 11.9 Å². The zero-order valence-corrected chi connectivity index (χ0v) is 21.6. The second kappa shape index (κ2) is 12.0. The van der Waals surface area contributed by atoms with Crippen molar-refractivity contribution in [1.29, 1.82) is 0 Å². The second-order valence-corrected chi connectivity index (χ2v) is 9.67. The Bertz CT molecular complexity index is 1130. The fraction of sp³-hybridized carbons (Fsp3) is 0.357. The van der Waals surface area contributed by atoms with E-state index in [-0.39, 0.29) is 5.91 Å². The average Bonchev–Trinajstić information content (AvgIpc) is 2.91. The summed E-state index contributed by atoms with van der Waals surface area (Å²) in [5.74, 6) is 0.707. The largest absolute Gasteiger partial charge is 0.480 e. The van der Waals surface area contributed by atoms with Gasteiger partial charge >= 0.3 is 0 Å². The van der Waals surface area contributed by atoms with Crippen LogP contribution in [0.15, 0.2) is 65.7 Å². The molecule has 7 heteroatoms. The van der Waals surface area contributed by atoms with E-state index in [0.717, 1.165) is 46.9 Å². The summed E-state index contributed by atoms with van der Waals surface area (Å²) >= 11 is 1.54. The molecule has 1 amide bonds. The molecule has 2 heterocycles. The summed E-state index contributed by atoms with van der Waals surface area (Å²) < 4.78 is 8.82. The molecule has 2 aromatic carbocycles. The van der Waals surface area contributed by atoms with Crippen LogP contribution in [0.5, 0.6) is 5.88 Å². The molecule has 0 saturated carbocycles. The molecule has 1 aromatic heterocycles. The summed E-state index contributed by atoms with van der Waals surface area (Å²) in [4.78, 5) is 22.9. The highest BCUT2D eigenvalue weighted by Gasteiger charge is 2.25. The first-order valence-electron chi connectivity index (χ1n) is 12.2. The Morgan fingerprint density at radius 1 is 1.09 bits per heavy atom. The first-order chi connectivity index (χ1) is 17.1. The topological polar surface area (TPSA) is 57.7 Å². The van der Waals surface area contributed by atoms with Crippen molar-refractivity contribution < 1.29 is 9.53 Å². The van der Waals surface area contributed by atoms with E-state index in [2.05, 4.69) is 51.9 Å². The van der Waals surface area contributed by atoms with Gasteiger partial charge in [0.15, 0.2) is 0 Å². The predicted octanol–water partition coefficient (Wildman–Crippen LogP) is 5.82. The molecule has 35 heavy (non-hydrogen) atoms. The maximum absolute atomic E-state index is 13.4. The number of carbonyl (C=O) groups is 1. The van der Waals surface area contributed by atoms with Gasteiger partial charge in [-0.25, -0.2) is 4.98 Å². The average molecular weight is 491 g/mol. The number of benzene rings is 2. The summed E-state index contributed by atoms with van der Waals surface area (Å²) in [6.45, 7) is 7.04. The van der Waals surface area contributed by atoms with Gasteiger partial charge in [0.05, 0.1) is 12.8 Å². The van der Waals surface area contributed by atoms with Crippen molar-refractivity contribution in [2.75, 3.05) is 42.9 Å². The minimum absolute atomic E-state index is 0.0861. The van der Waals surface area contributed by atoms with Crippen molar-refractivity contribution >= 4 is 29.2 Å². The Morgan fingerprint density at radius 2 is 1.86 bits per heavy atom. The lowest BCUT2D eigenvalue weighted by molar-refractivity contribution is 0.0745. The molecular weight excluding hydrogens is 456 g/mol. The lowest BCUT2D eigenvalue weighted by Gasteiger charge is -2.36. The SMILES string of the molecule is CCCCc1ccc(NSc2ccc(C)c(C(=O)N3CCN(c4cccnc4OC)CC3)c2)cc1. The van der Waals surface area contributed by atoms with Crippen LogP contribution in [-0.4, -0.2) is 49.1 Å². The summed E-state index contributed by atoms with van der Waals surface area (Å²) in [6, 6.07) is 18.6. The number of amides is 1. The van der Waals surface area contributed by atoms with E-state index in [0.29, 0.717) is 19.0 Å². The van der Waals surface area contributed by atoms with Gasteiger partial charge in [-0.1, -0.05) is 31.5 Å². The number of methoxy groups -OCH3 is 1. The Balaban J connectivity index is 1.36. The van der Waals surface area contributed by atoms with E-state index >= 15 is 0 Å². The van der Waals surface area contributed by atoms with Crippen LogP contribution in [0.4, 0.5) is 11.4 Å². The third kappa shape index (κ3) is 6.28. The highest BCUT2D eigenvalue weighted by molar-refractivity contribution is 8.00. The van der Waals surface area contributed by atoms with E-state index < -0.39 is 0 Å². The molecule has 0 unspecified atom stereocenters. The Kier molecular flexibility index (Phi) is 8.53. The fourth-order valence-corrected chi connectivity index (χ4v) is 4.92. The van der Waals surface area contributed by atoms with Crippen molar-refractivity contribution in [3.05, 3.63) is 77.5 Å². The molecule has 1 saturated heterocycles. The van der Waals surface area contributed by atoms with E-state index in [1.807, 2.05) is 36.1 Å². The molecule has 0 aliphatic carbocycles. The van der Waals surface area contributed by atoms with Gasteiger partial charge in [-0.3, -0.25) is 4.79 Å². The molecule has 184 valence electrons. The molecule has 1 aliphatic heterocycles. The summed E-state index contributed by atoms with van der Waals surface area (Å²) in [5.41, 5.74) is 5.16. The van der Waals surface area contributed by atoms with Gasteiger partial charge in [0.25, 0.3) is 5.91 Å². The van der Waals surface area contributed by atoms with Crippen LogP contribution in [0.25, 0.3) is 0 Å². The number of nitrogens with one attached hydrogen (secondary N) is 1. The number of unbranched alkanes of at least 4 members (excludes halogenated alkanes) is 1. The molecule has 0 radical (unpaired) electrons. The van der Waals surface area contributed by atoms with Gasteiger partial charge in [0, 0.05) is 48.5 Å². The number of rotatable bonds is 9. The van der Waals surface area contributed by atoms with Crippen LogP contribution in [0.3, 0.4) is 0 Å². The number of nitrogens with zero attached hydrogens (tertiary/aromatic N) is 3. The predicted molar refractivity (Wildman–Crippen MR) is 145 cm³/mol. The van der Waals surface area contributed by atoms with Crippen molar-refractivity contribution in [2.24, 2.45) is 0 Å². The molecule has 6 nitrogen and oxygen atoms in total. The maximum atomic E-state index is 13.4. The molecule has 0 spiro atoms. The number of aromatic nitrogens is 1. The Labute approximate surface area is 212 Å². The zero-order chi connectivity index (χ0) is 24.6. The number of piperazine rings is 1. The van der Waals surface area contributed by atoms with Crippen LogP contribution in [0, 0.1) is 6.92 Å². The number of ether oxygens (including phenoxy) is 1. The lowest BCUT2D eigenvalue weighted by atomic mass is 10.1. The summed E-state index contributed by atoms with van der Waals surface area (Å²) in [6.07, 6.45) is 5.28. The van der Waals surface area contributed by atoms with Crippen LogP contribution in [-0.2, 0) is 6.42 Å². The third-order valence-electron chi connectivity index (χ3n) is 6.35. The van der Waals surface area contributed by atoms with Gasteiger partial charge in [0.2, 0.25) is 5.88 Å². The highest BCUT2D eigenvalue weighted by Crippen LogP contribution is 2.28. The minimum Gasteiger partial charge on any atom is -0.480 e. The van der Waals surface area contributed by atoms with Crippen LogP contribution in [0.1, 0.15) is 41.3 Å². The first kappa shape index (κ1) is 24.9. The van der Waals surface area contributed by atoms with Gasteiger partial charge in [-0.2, -0.15) is 0 Å². The molecule has 1 fully saturated rings. The van der Waals surface area contributed by atoms with Crippen LogP contribution < -0.4 is 14.4 Å². The van der Waals surface area contributed by atoms with Gasteiger partial charge in [-0.05, 0) is 79.2 Å². The van der Waals surface area contributed by atoms with Gasteiger partial charge in [0.1, 0.15) is 0 Å². The Hall–Kier alpha value is -3.19. The standard InChI is InChI=1S/C28H34N4O2S/c1-4-5-7-22-10-12-23(13-11-22)30-35-24-14-9-21(2)25(20-24)28(33)32-18-16-31(17-19-32)26-8-6-15-29-27(26)34-3/h6,8-15,20,30H,4-5,7,16-19H2,1-3H3. The summed E-state index contributed by atoms with van der Waals surface area (Å²) in [7, 11) is 1.64. The van der Waals surface area contributed by atoms with Crippen LogP contribution in [0.2, 0.25) is 0 Å². The van der Waals surface area contributed by atoms with Crippen molar-refractivity contribution in [3.8, 4) is 5.88 Å². The van der Waals surface area contributed by atoms with Crippen molar-refractivity contribution in [3.63, 3.8) is 0 Å². The number of anilines is 2. The zero-order valence-electron chi connectivity index (χ0n) is 20.8. The minimum atomic E-state index is 0.0861. The number of carbonyl (C=O) groups excluding carboxylic acids is 1. The van der Waals surface area contributed by atoms with Gasteiger partial charge in [-0.15, -0.1) is 0 Å². The molecule has 0 bridgehead atoms. The molecule has 1 aliphatic rings. The maximum Gasteiger partial charge on any atom is 0.254 e. The monoisotopic (exact) mass is 490 g/mol. The lowest BCUT2D eigenvalue weighted by Crippen LogP contribution is -2.49. The number of hydrogen-bond donors (Lipinski definition) is 1. The van der Waals surface area contributed by atoms with E-state index in [4.69, 9.17) is 4.74 Å². The van der Waals surface area contributed by atoms with Gasteiger partial charge < -0.3 is 19.3 Å². The number of aryl methyl sites for hydroxylation is 2. The van der Waals surface area contributed by atoms with Crippen molar-refractivity contribution in [2.45, 2.75) is 38.0 Å². The Morgan fingerprint density at radius 3 is 2.57 bits per heavy atom. The molecule has 0 atom stereocenters. The van der Waals surface area contributed by atoms with E-state index in [9.17, 15) is 4.79 Å². The second-order valence-electron chi connectivity index (χ2n) is 8.79.